The van der Waals surface area contributed by atoms with Crippen LogP contribution in [0.3, 0.4) is 0 Å². The van der Waals surface area contributed by atoms with Crippen LogP contribution in [0.2, 0.25) is 0 Å². The molecule has 0 amide bonds. The predicted octanol–water partition coefficient (Wildman–Crippen LogP) is 7.23. The number of phenolic OH excluding ortho intramolecular Hbond substituents is 3. The van der Waals surface area contributed by atoms with Gasteiger partial charge in [0.15, 0.2) is 29.0 Å². The number of esters is 1. The fraction of sp³-hybridized carbons (Fsp3) is 0.446. The second-order valence-corrected chi connectivity index (χ2v) is 20.3. The van der Waals surface area contributed by atoms with E-state index in [1.54, 1.807) is 24.5 Å². The lowest BCUT2D eigenvalue weighted by molar-refractivity contribution is -0.164. The van der Waals surface area contributed by atoms with Crippen LogP contribution in [-0.4, -0.2) is 85.3 Å². The Labute approximate surface area is 419 Å². The van der Waals surface area contributed by atoms with Gasteiger partial charge in [0, 0.05) is 93.4 Å². The minimum absolute atomic E-state index is 0.0685. The van der Waals surface area contributed by atoms with Crippen molar-refractivity contribution in [2.75, 3.05) is 19.7 Å². The first-order valence-corrected chi connectivity index (χ1v) is 25.6. The number of nitrogens with two attached hydrogens (primary N) is 1. The largest absolute Gasteiger partial charge is 0.504 e. The number of aliphatic imine (C=N–C) groups is 1. The number of hydrogen-bond acceptors (Lipinski definition) is 12. The van der Waals surface area contributed by atoms with E-state index < -0.39 is 29.8 Å². The SMILES string of the molecule is CC(=O)O[C@H]1C[C@@H](c2cc(O)c(O)c(OCCc3cccnc3)c2)O[C@@H]([C@H]2CC#C[C@H]3[C@H](CCC[C@]34NC(=NCCCC3=CCNC(N)=C3)N[C@@H]3[C@@H]4CCc4c5cc[nH]c5cn43)Oc3cc(ccc3O)C2)C1. The van der Waals surface area contributed by atoms with Gasteiger partial charge in [-0.05, 0) is 116 Å². The van der Waals surface area contributed by atoms with Gasteiger partial charge >= 0.3 is 5.97 Å². The number of benzene rings is 2. The summed E-state index contributed by atoms with van der Waals surface area (Å²) < 4.78 is 28.5. The normalized spacial score (nSPS) is 28.2. The molecule has 0 radical (unpaired) electrons. The van der Waals surface area contributed by atoms with Gasteiger partial charge in [-0.25, -0.2) is 0 Å². The van der Waals surface area contributed by atoms with Gasteiger partial charge in [-0.2, -0.15) is 0 Å². The highest BCUT2D eigenvalue weighted by Gasteiger charge is 2.57. The highest BCUT2D eigenvalue weighted by molar-refractivity contribution is 5.85. The third-order valence-electron chi connectivity index (χ3n) is 15.7. The molecule has 2 bridgehead atoms. The lowest BCUT2D eigenvalue weighted by Crippen LogP contribution is -2.72. The van der Waals surface area contributed by atoms with Crippen LogP contribution in [0, 0.1) is 29.6 Å². The molecule has 5 aliphatic heterocycles. The van der Waals surface area contributed by atoms with E-state index in [2.05, 4.69) is 60.7 Å². The number of pyridine rings is 1. The number of nitrogens with one attached hydrogen (secondary N) is 4. The summed E-state index contributed by atoms with van der Waals surface area (Å²) >= 11 is 0. The molecule has 9 atom stereocenters. The van der Waals surface area contributed by atoms with Gasteiger partial charge in [-0.15, -0.1) is 5.92 Å². The van der Waals surface area contributed by atoms with Crippen LogP contribution in [0.5, 0.6) is 28.7 Å². The number of H-pyrrole nitrogens is 1. The second-order valence-electron chi connectivity index (χ2n) is 20.3. The van der Waals surface area contributed by atoms with E-state index in [0.29, 0.717) is 55.8 Å². The van der Waals surface area contributed by atoms with E-state index in [-0.39, 0.29) is 59.6 Å². The zero-order valence-electron chi connectivity index (χ0n) is 40.6. The van der Waals surface area contributed by atoms with Crippen LogP contribution in [-0.2, 0) is 33.5 Å². The monoisotopic (exact) mass is 976 g/mol. The lowest BCUT2D eigenvalue weighted by atomic mass is 9.61. The summed E-state index contributed by atoms with van der Waals surface area (Å²) in [5, 5.41) is 45.7. The fourth-order valence-corrected chi connectivity index (χ4v) is 12.3. The molecule has 3 fully saturated rings. The summed E-state index contributed by atoms with van der Waals surface area (Å²) in [6.07, 6.45) is 18.3. The number of guanidine groups is 1. The van der Waals surface area contributed by atoms with Crippen molar-refractivity contribution >= 4 is 22.8 Å². The van der Waals surface area contributed by atoms with E-state index >= 15 is 0 Å². The number of carbonyl (C=O) groups is 1. The molecule has 376 valence electrons. The van der Waals surface area contributed by atoms with Gasteiger partial charge in [0.2, 0.25) is 5.75 Å². The Bertz CT molecular complexity index is 2970. The topological polar surface area (TPSA) is 223 Å². The molecule has 1 spiro atoms. The van der Waals surface area contributed by atoms with E-state index in [9.17, 15) is 20.1 Å². The molecule has 16 nitrogen and oxygen atoms in total. The molecule has 1 aliphatic carbocycles. The van der Waals surface area contributed by atoms with E-state index in [4.69, 9.17) is 29.7 Å². The molecule has 16 heteroatoms. The summed E-state index contributed by atoms with van der Waals surface area (Å²) in [6, 6.07) is 14.7. The molecule has 2 aromatic carbocycles. The standard InChI is InChI=1S/C56H64N8O8/c1-33(65)70-39-29-48(72-49(30-39)38-27-46(67)53(68)51(28-38)69-23-17-35-7-4-19-58-31-35)37-8-2-9-41-47(71-50-25-36(24-37)11-14-45(50)66)10-3-18-56(41)42-12-13-44-40-16-22-59-43(40)32-64(44)54(42)62-55(63-56)61-20-5-6-34-15-21-60-52(57)26-34/h4,7,11,14-16,19,22,25-28,31-32,37,39,41-42,47-49,54,59-60,66-68H,3,5-6,8,10,12-13,17-18,20-21,23-24,29-30,57H2,1H3,(H2,61,62,63)/t37-,39+,41-,42-,47-,48+,49-,54-,56-/m0/s1. The van der Waals surface area contributed by atoms with Gasteiger partial charge < -0.3 is 65.5 Å². The highest BCUT2D eigenvalue weighted by Crippen LogP contribution is 2.51. The minimum atomic E-state index is -0.618. The van der Waals surface area contributed by atoms with Crippen LogP contribution in [0.4, 0.5) is 0 Å². The summed E-state index contributed by atoms with van der Waals surface area (Å²) in [4.78, 5) is 25.5. The molecule has 8 heterocycles. The number of aromatic amines is 1. The predicted molar refractivity (Wildman–Crippen MR) is 271 cm³/mol. The zero-order chi connectivity index (χ0) is 49.3. The Morgan fingerprint density at radius 1 is 1.08 bits per heavy atom. The summed E-state index contributed by atoms with van der Waals surface area (Å²) in [5.41, 5.74) is 11.7. The Balaban J connectivity index is 0.920. The first-order valence-electron chi connectivity index (χ1n) is 25.6. The van der Waals surface area contributed by atoms with Crippen LogP contribution >= 0.6 is 0 Å². The Morgan fingerprint density at radius 3 is 2.86 bits per heavy atom. The van der Waals surface area contributed by atoms with Crippen LogP contribution in [0.1, 0.15) is 99.4 Å². The highest BCUT2D eigenvalue weighted by atomic mass is 16.6. The van der Waals surface area contributed by atoms with Crippen molar-refractivity contribution in [3.05, 3.63) is 119 Å². The molecule has 11 rings (SSSR count). The van der Waals surface area contributed by atoms with Gasteiger partial charge in [0.1, 0.15) is 18.4 Å². The molecule has 2 saturated heterocycles. The number of fused-ring (bicyclic) bond motifs is 10. The number of allylic oxidation sites excluding steroid dienone is 2. The average Bonchev–Trinajstić information content (AvgIpc) is 3.98. The number of phenols is 3. The van der Waals surface area contributed by atoms with Crippen LogP contribution in [0.15, 0.2) is 102 Å². The van der Waals surface area contributed by atoms with Crippen molar-refractivity contribution < 1.29 is 39.1 Å². The van der Waals surface area contributed by atoms with Gasteiger partial charge in [0.05, 0.1) is 41.6 Å². The Hall–Kier alpha value is -7.25. The number of rotatable bonds is 11. The second kappa shape index (κ2) is 20.1. The number of aromatic hydroxyl groups is 3. The smallest absolute Gasteiger partial charge is 0.302 e. The third-order valence-corrected chi connectivity index (χ3v) is 15.7. The van der Waals surface area contributed by atoms with Gasteiger partial charge in [0.25, 0.3) is 0 Å². The molecule has 72 heavy (non-hydrogen) atoms. The van der Waals surface area contributed by atoms with Crippen molar-refractivity contribution in [2.45, 2.75) is 120 Å². The third kappa shape index (κ3) is 9.61. The van der Waals surface area contributed by atoms with Crippen molar-refractivity contribution in [1.82, 2.24) is 30.5 Å². The minimum Gasteiger partial charge on any atom is -0.504 e. The maximum Gasteiger partial charge on any atom is 0.302 e. The maximum atomic E-state index is 12.6. The average molecular weight is 977 g/mol. The number of dihydropyridines is 1. The molecule has 0 unspecified atom stereocenters. The first-order chi connectivity index (χ1) is 35.1. The van der Waals surface area contributed by atoms with E-state index in [1.165, 1.54) is 29.6 Å². The fourth-order valence-electron chi connectivity index (χ4n) is 12.3. The number of aryl methyl sites for hydroxylation is 1. The summed E-state index contributed by atoms with van der Waals surface area (Å²) in [6.45, 7) is 2.99. The van der Waals surface area contributed by atoms with E-state index in [0.717, 1.165) is 74.1 Å². The zero-order valence-corrected chi connectivity index (χ0v) is 40.6. The number of ether oxygens (including phenoxy) is 4. The van der Waals surface area contributed by atoms with Crippen molar-refractivity contribution in [2.24, 2.45) is 28.5 Å². The lowest BCUT2D eigenvalue weighted by Gasteiger charge is -2.57. The van der Waals surface area contributed by atoms with Crippen molar-refractivity contribution in [1.29, 1.82) is 0 Å². The van der Waals surface area contributed by atoms with Crippen molar-refractivity contribution in [3.8, 4) is 40.6 Å². The van der Waals surface area contributed by atoms with Crippen molar-refractivity contribution in [3.63, 3.8) is 0 Å². The van der Waals surface area contributed by atoms with Gasteiger partial charge in [-0.3, -0.25) is 14.8 Å². The Morgan fingerprint density at radius 2 is 2.00 bits per heavy atom. The maximum absolute atomic E-state index is 12.6. The molecule has 1 saturated carbocycles. The Kier molecular flexibility index (Phi) is 13.1. The molecule has 6 aliphatic rings. The number of nitrogens with zero attached hydrogens (tertiary/aromatic N) is 3. The van der Waals surface area contributed by atoms with E-state index in [1.807, 2.05) is 36.5 Å². The van der Waals surface area contributed by atoms with Crippen LogP contribution < -0.4 is 31.2 Å². The molecule has 9 N–H and O–H groups in total. The number of aromatic nitrogens is 3. The quantitative estimate of drug-likeness (QED) is 0.0284. The molecular weight excluding hydrogens is 913 g/mol. The first kappa shape index (κ1) is 47.1. The summed E-state index contributed by atoms with van der Waals surface area (Å²) in [7, 11) is 0. The molecule has 5 aromatic rings. The van der Waals surface area contributed by atoms with Crippen LogP contribution in [0.25, 0.3) is 10.9 Å². The molecular formula is C56H64N8O8. The summed E-state index contributed by atoms with van der Waals surface area (Å²) in [5.74, 6) is 8.16. The number of carbonyl (C=O) groups excluding carboxylic acids is 1. The number of hydrogen-bond donors (Lipinski definition) is 8. The van der Waals surface area contributed by atoms with Gasteiger partial charge in [-0.1, -0.05) is 24.1 Å². The molecule has 3 aromatic heterocycles.